The number of allylic oxidation sites excluding steroid dienone is 5. The van der Waals surface area contributed by atoms with Gasteiger partial charge in [-0.15, -0.1) is 0 Å². The van der Waals surface area contributed by atoms with Crippen molar-refractivity contribution in [1.29, 1.82) is 0 Å². The summed E-state index contributed by atoms with van der Waals surface area (Å²) >= 11 is 1.94. The fourth-order valence-corrected chi connectivity index (χ4v) is 3.34. The number of hydrogen-bond acceptors (Lipinski definition) is 2. The van der Waals surface area contributed by atoms with Crippen molar-refractivity contribution in [3.05, 3.63) is 45.1 Å². The Morgan fingerprint density at radius 2 is 1.67 bits per heavy atom. The van der Waals surface area contributed by atoms with Gasteiger partial charge in [0.05, 0.1) is 5.60 Å². The van der Waals surface area contributed by atoms with E-state index in [1.807, 2.05) is 29.5 Å². The fraction of sp³-hybridized carbons (Fsp3) is 0.556. The van der Waals surface area contributed by atoms with Gasteiger partial charge in [0.15, 0.2) is 0 Å². The van der Waals surface area contributed by atoms with Crippen LogP contribution in [0.5, 0.6) is 0 Å². The zero-order valence-electron chi connectivity index (χ0n) is 15.2. The maximum atomic E-state index is 13.1. The molecule has 1 aliphatic carbocycles. The average Bonchev–Trinajstić information content (AvgIpc) is 2.65. The number of halogens is 7. The molecule has 0 aromatic heterocycles. The van der Waals surface area contributed by atoms with Crippen molar-refractivity contribution >= 4 is 22.6 Å². The minimum atomic E-state index is -5.96. The lowest BCUT2D eigenvalue weighted by Crippen LogP contribution is -2.65. The lowest BCUT2D eigenvalue weighted by molar-refractivity contribution is -0.397. The zero-order valence-corrected chi connectivity index (χ0v) is 17.4. The van der Waals surface area contributed by atoms with Gasteiger partial charge in [0, 0.05) is 3.58 Å². The molecule has 0 aliphatic heterocycles. The largest absolute Gasteiger partial charge is 0.428 e. The van der Waals surface area contributed by atoms with Crippen LogP contribution < -0.4 is 0 Å². The average molecular weight is 510 g/mol. The van der Waals surface area contributed by atoms with Gasteiger partial charge in [0.25, 0.3) is 5.60 Å². The van der Waals surface area contributed by atoms with E-state index < -0.39 is 29.7 Å². The summed E-state index contributed by atoms with van der Waals surface area (Å²) in [5.41, 5.74) is -4.56. The summed E-state index contributed by atoms with van der Waals surface area (Å²) in [7, 11) is 0. The summed E-state index contributed by atoms with van der Waals surface area (Å²) in [6.45, 7) is 8.95. The van der Waals surface area contributed by atoms with E-state index in [9.17, 15) is 31.4 Å². The molecule has 154 valence electrons. The molecule has 0 aromatic carbocycles. The van der Waals surface area contributed by atoms with E-state index in [1.54, 1.807) is 18.2 Å². The second-order valence-corrected chi connectivity index (χ2v) is 8.18. The number of hydrogen-bond donors (Lipinski definition) is 1. The highest BCUT2D eigenvalue weighted by Crippen LogP contribution is 2.47. The summed E-state index contributed by atoms with van der Waals surface area (Å²) in [4.78, 5) is 0. The SMILES string of the molecule is C=C(I)C1=C(C(C)(C)OC(C)C(O)(C(F)(F)F)C(F)(F)F)C=CC=C(C)C1. The number of alkyl halides is 6. The van der Waals surface area contributed by atoms with Gasteiger partial charge < -0.3 is 9.84 Å². The summed E-state index contributed by atoms with van der Waals surface area (Å²) in [6.07, 6.45) is -9.09. The molecular formula is C18H21F6IO2. The van der Waals surface area contributed by atoms with Crippen LogP contribution in [0.4, 0.5) is 26.3 Å². The number of aliphatic hydroxyl groups is 1. The molecule has 0 saturated heterocycles. The Hall–Kier alpha value is -0.810. The van der Waals surface area contributed by atoms with Crippen LogP contribution >= 0.6 is 22.6 Å². The molecule has 1 rings (SSSR count). The molecule has 0 aromatic rings. The quantitative estimate of drug-likeness (QED) is 0.354. The van der Waals surface area contributed by atoms with E-state index in [0.29, 0.717) is 28.1 Å². The van der Waals surface area contributed by atoms with Crippen LogP contribution in [0.1, 0.15) is 34.1 Å². The van der Waals surface area contributed by atoms with Crippen LogP contribution in [0.3, 0.4) is 0 Å². The first-order valence-electron chi connectivity index (χ1n) is 7.91. The summed E-state index contributed by atoms with van der Waals surface area (Å²) < 4.78 is 84.3. The van der Waals surface area contributed by atoms with Gasteiger partial charge in [-0.05, 0) is 67.9 Å². The Bertz CT molecular complexity index is 669. The van der Waals surface area contributed by atoms with Crippen molar-refractivity contribution in [3.63, 3.8) is 0 Å². The third-order valence-corrected chi connectivity index (χ3v) is 4.98. The Balaban J connectivity index is 3.40. The third kappa shape index (κ3) is 4.97. The van der Waals surface area contributed by atoms with Gasteiger partial charge in [-0.3, -0.25) is 0 Å². The molecule has 0 saturated carbocycles. The summed E-state index contributed by atoms with van der Waals surface area (Å²) in [6, 6.07) is 0. The summed E-state index contributed by atoms with van der Waals surface area (Å²) in [5.74, 6) is 0. The van der Waals surface area contributed by atoms with Crippen LogP contribution in [0, 0.1) is 0 Å². The van der Waals surface area contributed by atoms with Gasteiger partial charge in [0.1, 0.15) is 6.10 Å². The molecule has 0 heterocycles. The van der Waals surface area contributed by atoms with E-state index in [0.717, 1.165) is 5.57 Å². The number of ether oxygens (including phenoxy) is 1. The molecular weight excluding hydrogens is 489 g/mol. The molecule has 0 fully saturated rings. The smallest absolute Gasteiger partial charge is 0.372 e. The second kappa shape index (κ2) is 7.90. The first-order valence-corrected chi connectivity index (χ1v) is 8.99. The predicted molar refractivity (Wildman–Crippen MR) is 99.4 cm³/mol. The minimum absolute atomic E-state index is 0.397. The topological polar surface area (TPSA) is 29.5 Å². The second-order valence-electron chi connectivity index (χ2n) is 6.88. The van der Waals surface area contributed by atoms with Crippen LogP contribution in [0.15, 0.2) is 45.1 Å². The standard InChI is InChI=1S/C18H21F6IO2/c1-10-7-6-8-14(13(9-10)11(2)25)15(4,5)27-12(3)16(26,17(19,20)21)18(22,23)24/h6-8,12,26H,2,9H2,1,3-5H3. The lowest BCUT2D eigenvalue weighted by atomic mass is 9.89. The molecule has 0 radical (unpaired) electrons. The maximum Gasteiger partial charge on any atom is 0.428 e. The van der Waals surface area contributed by atoms with Gasteiger partial charge in [-0.2, -0.15) is 26.3 Å². The minimum Gasteiger partial charge on any atom is -0.372 e. The Morgan fingerprint density at radius 3 is 2.07 bits per heavy atom. The molecule has 0 bridgehead atoms. The van der Waals surface area contributed by atoms with Crippen LogP contribution in [0.2, 0.25) is 0 Å². The molecule has 1 unspecified atom stereocenters. The van der Waals surface area contributed by atoms with Crippen LogP contribution in [-0.2, 0) is 4.74 Å². The number of rotatable bonds is 5. The van der Waals surface area contributed by atoms with Crippen molar-refractivity contribution < 1.29 is 36.2 Å². The first-order chi connectivity index (χ1) is 11.9. The van der Waals surface area contributed by atoms with Crippen molar-refractivity contribution in [2.24, 2.45) is 0 Å². The molecule has 9 heteroatoms. The predicted octanol–water partition coefficient (Wildman–Crippen LogP) is 6.18. The van der Waals surface area contributed by atoms with E-state index in [2.05, 4.69) is 6.58 Å². The van der Waals surface area contributed by atoms with E-state index in [-0.39, 0.29) is 0 Å². The Labute approximate surface area is 167 Å². The zero-order chi connectivity index (χ0) is 21.4. The molecule has 2 nitrogen and oxygen atoms in total. The van der Waals surface area contributed by atoms with E-state index >= 15 is 0 Å². The molecule has 27 heavy (non-hydrogen) atoms. The van der Waals surface area contributed by atoms with Crippen LogP contribution in [0.25, 0.3) is 0 Å². The fourth-order valence-electron chi connectivity index (χ4n) is 2.86. The maximum absolute atomic E-state index is 13.1. The van der Waals surface area contributed by atoms with Gasteiger partial charge in [0.2, 0.25) is 0 Å². The van der Waals surface area contributed by atoms with Crippen molar-refractivity contribution in [1.82, 2.24) is 0 Å². The van der Waals surface area contributed by atoms with Crippen molar-refractivity contribution in [2.75, 3.05) is 0 Å². The first kappa shape index (κ1) is 24.2. The van der Waals surface area contributed by atoms with Gasteiger partial charge in [-0.1, -0.05) is 30.4 Å². The molecule has 1 atom stereocenters. The summed E-state index contributed by atoms with van der Waals surface area (Å²) in [5, 5.41) is 9.55. The highest BCUT2D eigenvalue weighted by atomic mass is 127. The molecule has 1 N–H and O–H groups in total. The van der Waals surface area contributed by atoms with Crippen LogP contribution in [-0.4, -0.2) is 34.8 Å². The van der Waals surface area contributed by atoms with Crippen molar-refractivity contribution in [3.8, 4) is 0 Å². The van der Waals surface area contributed by atoms with E-state index in [1.165, 1.54) is 13.8 Å². The Morgan fingerprint density at radius 1 is 1.19 bits per heavy atom. The lowest BCUT2D eigenvalue weighted by Gasteiger charge is -2.41. The molecule has 1 aliphatic rings. The van der Waals surface area contributed by atoms with Crippen molar-refractivity contribution in [2.45, 2.75) is 63.8 Å². The molecule has 0 spiro atoms. The van der Waals surface area contributed by atoms with E-state index in [4.69, 9.17) is 4.74 Å². The van der Waals surface area contributed by atoms with Gasteiger partial charge >= 0.3 is 12.4 Å². The van der Waals surface area contributed by atoms with Gasteiger partial charge in [-0.25, -0.2) is 0 Å². The highest BCUT2D eigenvalue weighted by molar-refractivity contribution is 14.1. The highest BCUT2D eigenvalue weighted by Gasteiger charge is 2.74. The normalized spacial score (nSPS) is 18.3. The molecule has 0 amide bonds. The monoisotopic (exact) mass is 510 g/mol. The Kier molecular flexibility index (Phi) is 7.09. The third-order valence-electron chi connectivity index (χ3n) is 4.32.